The summed E-state index contributed by atoms with van der Waals surface area (Å²) in [6, 6.07) is 5.66. The minimum atomic E-state index is -0.834. The smallest absolute Gasteiger partial charge is 0.228 e. The van der Waals surface area contributed by atoms with Gasteiger partial charge in [-0.3, -0.25) is 4.79 Å². The van der Waals surface area contributed by atoms with E-state index in [0.717, 1.165) is 17.7 Å². The van der Waals surface area contributed by atoms with E-state index in [1.807, 2.05) is 0 Å². The number of rotatable bonds is 2. The van der Waals surface area contributed by atoms with Crippen LogP contribution >= 0.6 is 11.6 Å². The Morgan fingerprint density at radius 1 is 1.19 bits per heavy atom. The molecule has 0 radical (unpaired) electrons. The van der Waals surface area contributed by atoms with Gasteiger partial charge in [0.25, 0.3) is 0 Å². The van der Waals surface area contributed by atoms with Crippen LogP contribution in [-0.4, -0.2) is 5.91 Å². The van der Waals surface area contributed by atoms with Crippen molar-refractivity contribution < 1.29 is 13.6 Å². The number of hydrogen-bond acceptors (Lipinski definition) is 2. The molecule has 2 aromatic carbocycles. The van der Waals surface area contributed by atoms with Crippen LogP contribution in [0.15, 0.2) is 30.3 Å². The molecule has 1 unspecified atom stereocenters. The lowest BCUT2D eigenvalue weighted by molar-refractivity contribution is -0.115. The summed E-state index contributed by atoms with van der Waals surface area (Å²) in [6.07, 6.45) is 0.234. The van der Waals surface area contributed by atoms with E-state index >= 15 is 0 Å². The molecule has 21 heavy (non-hydrogen) atoms. The normalized spacial score (nSPS) is 14.8. The Labute approximate surface area is 124 Å². The average molecular weight is 309 g/mol. The molecule has 108 valence electrons. The van der Waals surface area contributed by atoms with E-state index in [0.29, 0.717) is 16.3 Å². The lowest BCUT2D eigenvalue weighted by atomic mass is 9.96. The van der Waals surface area contributed by atoms with Gasteiger partial charge in [0.1, 0.15) is 11.6 Å². The zero-order valence-corrected chi connectivity index (χ0v) is 11.5. The first kappa shape index (κ1) is 14.0. The standard InChI is InChI=1S/C15H11ClF2N2O/c16-11-6-13-7(4-14(21)20-13)3-10(11)15(19)9-2-1-8(17)5-12(9)18/h1-3,5-6,15H,4,19H2,(H,20,21). The first-order chi connectivity index (χ1) is 9.95. The second kappa shape index (κ2) is 5.09. The van der Waals surface area contributed by atoms with Crippen LogP contribution in [0.3, 0.4) is 0 Å². The van der Waals surface area contributed by atoms with Crippen molar-refractivity contribution in [2.45, 2.75) is 12.5 Å². The number of benzene rings is 2. The molecule has 1 heterocycles. The van der Waals surface area contributed by atoms with E-state index in [4.69, 9.17) is 17.3 Å². The number of halogens is 3. The Hall–Kier alpha value is -1.98. The van der Waals surface area contributed by atoms with Gasteiger partial charge in [-0.05, 0) is 29.3 Å². The third kappa shape index (κ3) is 2.50. The van der Waals surface area contributed by atoms with Crippen LogP contribution in [0.5, 0.6) is 0 Å². The zero-order valence-electron chi connectivity index (χ0n) is 10.8. The van der Waals surface area contributed by atoms with Gasteiger partial charge in [-0.15, -0.1) is 0 Å². The molecule has 6 heteroatoms. The van der Waals surface area contributed by atoms with Gasteiger partial charge in [-0.2, -0.15) is 0 Å². The average Bonchev–Trinajstić information content (AvgIpc) is 2.76. The van der Waals surface area contributed by atoms with Crippen molar-refractivity contribution in [3.8, 4) is 0 Å². The van der Waals surface area contributed by atoms with Gasteiger partial charge >= 0.3 is 0 Å². The molecule has 1 amide bonds. The highest BCUT2D eigenvalue weighted by Gasteiger charge is 2.23. The van der Waals surface area contributed by atoms with Crippen molar-refractivity contribution in [1.82, 2.24) is 0 Å². The van der Waals surface area contributed by atoms with Gasteiger partial charge in [0.15, 0.2) is 0 Å². The van der Waals surface area contributed by atoms with Gasteiger partial charge in [0, 0.05) is 22.3 Å². The number of hydrogen-bond donors (Lipinski definition) is 2. The van der Waals surface area contributed by atoms with Crippen LogP contribution in [0.4, 0.5) is 14.5 Å². The predicted molar refractivity (Wildman–Crippen MR) is 76.2 cm³/mol. The zero-order chi connectivity index (χ0) is 15.1. The third-order valence-corrected chi connectivity index (χ3v) is 3.81. The van der Waals surface area contributed by atoms with Crippen molar-refractivity contribution in [3.63, 3.8) is 0 Å². The van der Waals surface area contributed by atoms with Crippen LogP contribution in [0.2, 0.25) is 5.02 Å². The number of amides is 1. The summed E-state index contributed by atoms with van der Waals surface area (Å²) in [5, 5.41) is 3.00. The molecule has 2 aromatic rings. The Kier molecular flexibility index (Phi) is 3.39. The molecule has 0 fully saturated rings. The number of anilines is 1. The highest BCUT2D eigenvalue weighted by molar-refractivity contribution is 6.32. The van der Waals surface area contributed by atoms with Gasteiger partial charge in [-0.25, -0.2) is 8.78 Å². The summed E-state index contributed by atoms with van der Waals surface area (Å²) in [6.45, 7) is 0. The fraction of sp³-hybridized carbons (Fsp3) is 0.133. The van der Waals surface area contributed by atoms with Gasteiger partial charge in [0.05, 0.1) is 12.5 Å². The molecular weight excluding hydrogens is 298 g/mol. The second-order valence-electron chi connectivity index (χ2n) is 4.90. The van der Waals surface area contributed by atoms with Crippen LogP contribution in [0.25, 0.3) is 0 Å². The minimum absolute atomic E-state index is 0.125. The monoisotopic (exact) mass is 308 g/mol. The summed E-state index contributed by atoms with van der Waals surface area (Å²) < 4.78 is 26.8. The highest BCUT2D eigenvalue weighted by Crippen LogP contribution is 2.34. The lowest BCUT2D eigenvalue weighted by Gasteiger charge is -2.16. The number of carbonyl (C=O) groups is 1. The topological polar surface area (TPSA) is 55.1 Å². The molecule has 3 rings (SSSR count). The molecule has 1 atom stereocenters. The molecule has 1 aliphatic rings. The number of nitrogens with one attached hydrogen (secondary N) is 1. The Bertz CT molecular complexity index is 749. The summed E-state index contributed by atoms with van der Waals surface area (Å²) in [4.78, 5) is 11.4. The summed E-state index contributed by atoms with van der Waals surface area (Å²) in [5.41, 5.74) is 8.09. The molecular formula is C15H11ClF2N2O. The molecule has 3 N–H and O–H groups in total. The van der Waals surface area contributed by atoms with Gasteiger partial charge in [-0.1, -0.05) is 17.7 Å². The minimum Gasteiger partial charge on any atom is -0.325 e. The van der Waals surface area contributed by atoms with Crippen molar-refractivity contribution in [1.29, 1.82) is 0 Å². The number of carbonyl (C=O) groups excluding carboxylic acids is 1. The van der Waals surface area contributed by atoms with E-state index in [2.05, 4.69) is 5.32 Å². The van der Waals surface area contributed by atoms with E-state index < -0.39 is 17.7 Å². The van der Waals surface area contributed by atoms with Crippen molar-refractivity contribution in [2.75, 3.05) is 5.32 Å². The maximum absolute atomic E-state index is 13.8. The first-order valence-corrected chi connectivity index (χ1v) is 6.66. The van der Waals surface area contributed by atoms with Crippen LogP contribution in [0.1, 0.15) is 22.7 Å². The summed E-state index contributed by atoms with van der Waals surface area (Å²) in [5.74, 6) is -1.52. The summed E-state index contributed by atoms with van der Waals surface area (Å²) in [7, 11) is 0. The SMILES string of the molecule is NC(c1ccc(F)cc1F)c1cc2c(cc1Cl)NC(=O)C2. The second-order valence-corrected chi connectivity index (χ2v) is 5.31. The summed E-state index contributed by atoms with van der Waals surface area (Å²) >= 11 is 6.16. The Morgan fingerprint density at radius 2 is 1.95 bits per heavy atom. The van der Waals surface area contributed by atoms with E-state index in [9.17, 15) is 13.6 Å². The van der Waals surface area contributed by atoms with Crippen molar-refractivity contribution >= 4 is 23.2 Å². The lowest BCUT2D eigenvalue weighted by Crippen LogP contribution is -2.14. The van der Waals surface area contributed by atoms with Crippen LogP contribution in [-0.2, 0) is 11.2 Å². The highest BCUT2D eigenvalue weighted by atomic mass is 35.5. The molecule has 0 aliphatic carbocycles. The van der Waals surface area contributed by atoms with E-state index in [-0.39, 0.29) is 17.9 Å². The fourth-order valence-corrected chi connectivity index (χ4v) is 2.71. The first-order valence-electron chi connectivity index (χ1n) is 6.28. The molecule has 3 nitrogen and oxygen atoms in total. The van der Waals surface area contributed by atoms with E-state index in [1.165, 1.54) is 6.07 Å². The third-order valence-electron chi connectivity index (χ3n) is 3.48. The molecule has 0 aromatic heterocycles. The molecule has 0 spiro atoms. The van der Waals surface area contributed by atoms with Crippen molar-refractivity contribution in [2.24, 2.45) is 5.73 Å². The van der Waals surface area contributed by atoms with Gasteiger partial charge < -0.3 is 11.1 Å². The maximum Gasteiger partial charge on any atom is 0.228 e. The molecule has 0 saturated carbocycles. The van der Waals surface area contributed by atoms with Crippen LogP contribution in [0, 0.1) is 11.6 Å². The molecule has 0 saturated heterocycles. The fourth-order valence-electron chi connectivity index (χ4n) is 2.43. The number of nitrogens with two attached hydrogens (primary N) is 1. The largest absolute Gasteiger partial charge is 0.325 e. The van der Waals surface area contributed by atoms with Crippen molar-refractivity contribution in [3.05, 3.63) is 63.7 Å². The Morgan fingerprint density at radius 3 is 2.67 bits per heavy atom. The van der Waals surface area contributed by atoms with E-state index in [1.54, 1.807) is 12.1 Å². The molecule has 0 bridgehead atoms. The van der Waals surface area contributed by atoms with Crippen LogP contribution < -0.4 is 11.1 Å². The molecule has 1 aliphatic heterocycles. The quantitative estimate of drug-likeness (QED) is 0.895. The van der Waals surface area contributed by atoms with Gasteiger partial charge in [0.2, 0.25) is 5.91 Å². The Balaban J connectivity index is 2.04. The maximum atomic E-state index is 13.8. The predicted octanol–water partition coefficient (Wildman–Crippen LogP) is 3.16. The number of fused-ring (bicyclic) bond motifs is 1.